The van der Waals surface area contributed by atoms with Gasteiger partial charge in [0.2, 0.25) is 0 Å². The fourth-order valence-electron chi connectivity index (χ4n) is 4.90. The molecule has 0 bridgehead atoms. The standard InChI is InChI=1S/C25H38F2N6O4S/c1-3-12-38-25-31-23(29-17-13-16(17)15(7-9-27)6-5-8-26)20(33-28)24(32-25)30-18-14-19(37-11-10-34)21(35)22(18)36-4-2/h4-5,7-9,15-22,24,28,30,34-35H,2-3,6,10-14H2,1H3,(H,29,31,32)/b8-5+,9-7+,33-28?/t15?,16?,17-,18?,19?,20?,21-,22+,24?/m1/s1. The van der Waals surface area contributed by atoms with Crippen LogP contribution in [0.25, 0.3) is 0 Å². The second kappa shape index (κ2) is 15.4. The summed E-state index contributed by atoms with van der Waals surface area (Å²) >= 11 is 1.53. The van der Waals surface area contributed by atoms with Crippen molar-refractivity contribution in [2.75, 3.05) is 19.0 Å². The van der Waals surface area contributed by atoms with Crippen molar-refractivity contribution in [1.29, 1.82) is 5.53 Å². The number of nitrogens with one attached hydrogen (secondary N) is 3. The van der Waals surface area contributed by atoms with Gasteiger partial charge in [0.25, 0.3) is 0 Å². The Kier molecular flexibility index (Phi) is 12.3. The highest BCUT2D eigenvalue weighted by Crippen LogP contribution is 2.43. The third kappa shape index (κ3) is 7.92. The highest BCUT2D eigenvalue weighted by atomic mass is 32.2. The first-order chi connectivity index (χ1) is 18.5. The van der Waals surface area contributed by atoms with Gasteiger partial charge in [-0.15, -0.1) is 0 Å². The average molecular weight is 557 g/mol. The highest BCUT2D eigenvalue weighted by molar-refractivity contribution is 8.13. The number of halogens is 2. The fraction of sp³-hybridized carbons (Fsp3) is 0.680. The van der Waals surface area contributed by atoms with E-state index >= 15 is 0 Å². The van der Waals surface area contributed by atoms with Gasteiger partial charge in [-0.1, -0.05) is 37.4 Å². The lowest BCUT2D eigenvalue weighted by atomic mass is 9.99. The number of aliphatic imine (C=N–C) groups is 2. The molecule has 0 saturated heterocycles. The van der Waals surface area contributed by atoms with E-state index in [0.29, 0.717) is 42.9 Å². The zero-order valence-electron chi connectivity index (χ0n) is 21.5. The summed E-state index contributed by atoms with van der Waals surface area (Å²) in [4.78, 5) is 9.59. The van der Waals surface area contributed by atoms with Crippen LogP contribution < -0.4 is 10.6 Å². The zero-order valence-corrected chi connectivity index (χ0v) is 22.3. The molecule has 6 unspecified atom stereocenters. The molecule has 0 spiro atoms. The van der Waals surface area contributed by atoms with Crippen molar-refractivity contribution in [2.24, 2.45) is 26.9 Å². The van der Waals surface area contributed by atoms with Crippen molar-refractivity contribution in [3.63, 3.8) is 0 Å². The van der Waals surface area contributed by atoms with Gasteiger partial charge in [-0.3, -0.25) is 10.3 Å². The Morgan fingerprint density at radius 3 is 2.84 bits per heavy atom. The monoisotopic (exact) mass is 556 g/mol. The van der Waals surface area contributed by atoms with Crippen LogP contribution in [0.5, 0.6) is 0 Å². The number of thioether (sulfide) groups is 1. The lowest BCUT2D eigenvalue weighted by molar-refractivity contribution is -0.0650. The first-order valence-electron chi connectivity index (χ1n) is 12.9. The number of allylic oxidation sites excluding steroid dienone is 2. The summed E-state index contributed by atoms with van der Waals surface area (Å²) < 4.78 is 36.7. The normalized spacial score (nSPS) is 34.9. The summed E-state index contributed by atoms with van der Waals surface area (Å²) in [6, 6.07) is -1.28. The Bertz CT molecular complexity index is 907. The van der Waals surface area contributed by atoms with Gasteiger partial charge in [0.05, 0.1) is 50.3 Å². The minimum absolute atomic E-state index is 0.0516. The average Bonchev–Trinajstić information content (AvgIpc) is 3.62. The number of aliphatic hydroxyl groups is 2. The summed E-state index contributed by atoms with van der Waals surface area (Å²) in [6.45, 7) is 5.58. The molecule has 2 aliphatic carbocycles. The first-order valence-corrected chi connectivity index (χ1v) is 13.9. The van der Waals surface area contributed by atoms with Crippen molar-refractivity contribution in [2.45, 2.75) is 75.2 Å². The molecule has 9 atom stereocenters. The minimum Gasteiger partial charge on any atom is -0.494 e. The van der Waals surface area contributed by atoms with E-state index in [1.807, 2.05) is 0 Å². The Balaban J connectivity index is 1.81. The number of ether oxygens (including phenoxy) is 2. The van der Waals surface area contributed by atoms with Crippen LogP contribution in [0.4, 0.5) is 8.78 Å². The van der Waals surface area contributed by atoms with Gasteiger partial charge in [0.15, 0.2) is 11.2 Å². The van der Waals surface area contributed by atoms with Crippen LogP contribution in [-0.2, 0) is 9.47 Å². The molecule has 212 valence electrons. The number of nitrogens with zero attached hydrogens (tertiary/aromatic N) is 3. The summed E-state index contributed by atoms with van der Waals surface area (Å²) in [5.41, 5.74) is 7.92. The Labute approximate surface area is 226 Å². The molecular weight excluding hydrogens is 518 g/mol. The maximum atomic E-state index is 12.9. The van der Waals surface area contributed by atoms with Crippen molar-refractivity contribution in [3.05, 3.63) is 37.7 Å². The Morgan fingerprint density at radius 2 is 2.18 bits per heavy atom. The van der Waals surface area contributed by atoms with E-state index in [9.17, 15) is 13.9 Å². The van der Waals surface area contributed by atoms with Crippen LogP contribution in [-0.4, -0.2) is 82.8 Å². The van der Waals surface area contributed by atoms with E-state index in [1.54, 1.807) is 0 Å². The van der Waals surface area contributed by atoms with Crippen LogP contribution in [0.3, 0.4) is 0 Å². The summed E-state index contributed by atoms with van der Waals surface area (Å²) in [5, 5.41) is 30.9. The van der Waals surface area contributed by atoms with E-state index < -0.39 is 36.6 Å². The third-order valence-electron chi connectivity index (χ3n) is 6.79. The molecule has 13 heteroatoms. The second-order valence-corrected chi connectivity index (χ2v) is 10.5. The molecule has 1 aliphatic heterocycles. The molecule has 5 N–H and O–H groups in total. The molecule has 0 aromatic rings. The lowest BCUT2D eigenvalue weighted by Crippen LogP contribution is -2.57. The van der Waals surface area contributed by atoms with Gasteiger partial charge >= 0.3 is 0 Å². The van der Waals surface area contributed by atoms with Gasteiger partial charge in [0, 0.05) is 5.75 Å². The van der Waals surface area contributed by atoms with Crippen LogP contribution in [0.15, 0.2) is 52.8 Å². The van der Waals surface area contributed by atoms with Crippen molar-refractivity contribution < 1.29 is 28.5 Å². The zero-order chi connectivity index (χ0) is 27.5. The van der Waals surface area contributed by atoms with Gasteiger partial charge in [-0.25, -0.2) is 19.3 Å². The van der Waals surface area contributed by atoms with Crippen LogP contribution in [0.1, 0.15) is 32.6 Å². The Hall–Kier alpha value is -2.19. The lowest BCUT2D eigenvalue weighted by Gasteiger charge is -2.32. The molecule has 0 radical (unpaired) electrons. The maximum absolute atomic E-state index is 12.9. The van der Waals surface area contributed by atoms with Crippen LogP contribution >= 0.6 is 11.8 Å². The number of aliphatic hydroxyl groups excluding tert-OH is 2. The molecule has 10 nitrogen and oxygen atoms in total. The largest absolute Gasteiger partial charge is 0.494 e. The van der Waals surface area contributed by atoms with Crippen LogP contribution in [0.2, 0.25) is 0 Å². The first kappa shape index (κ1) is 30.4. The summed E-state index contributed by atoms with van der Waals surface area (Å²) in [7, 11) is 0. The van der Waals surface area contributed by atoms with E-state index in [1.165, 1.54) is 30.2 Å². The fourth-order valence-corrected chi connectivity index (χ4v) is 5.66. The van der Waals surface area contributed by atoms with Crippen LogP contribution in [0, 0.1) is 17.4 Å². The third-order valence-corrected chi connectivity index (χ3v) is 7.88. The summed E-state index contributed by atoms with van der Waals surface area (Å²) in [6.07, 6.45) is 4.57. The van der Waals surface area contributed by atoms with E-state index in [4.69, 9.17) is 30.1 Å². The van der Waals surface area contributed by atoms with Gasteiger partial charge in [0.1, 0.15) is 24.2 Å². The Morgan fingerprint density at radius 1 is 1.37 bits per heavy atom. The molecule has 2 fully saturated rings. The van der Waals surface area contributed by atoms with Crippen molar-refractivity contribution in [1.82, 2.24) is 10.6 Å². The van der Waals surface area contributed by atoms with E-state index in [0.717, 1.165) is 12.2 Å². The quantitative estimate of drug-likeness (QED) is 0.154. The molecule has 3 aliphatic rings. The van der Waals surface area contributed by atoms with E-state index in [2.05, 4.69) is 29.3 Å². The minimum atomic E-state index is -0.956. The number of amidine groups is 2. The molecule has 2 saturated carbocycles. The molecule has 0 amide bonds. The van der Waals surface area contributed by atoms with Gasteiger partial charge in [-0.05, 0) is 37.5 Å². The highest BCUT2D eigenvalue weighted by Gasteiger charge is 2.47. The number of hydrogen-bond acceptors (Lipinski definition) is 10. The maximum Gasteiger partial charge on any atom is 0.163 e. The van der Waals surface area contributed by atoms with Gasteiger partial charge < -0.3 is 25.0 Å². The molecule has 1 heterocycles. The molecule has 38 heavy (non-hydrogen) atoms. The molecule has 0 aromatic heterocycles. The predicted octanol–water partition coefficient (Wildman–Crippen LogP) is 3.20. The number of hydrogen-bond donors (Lipinski definition) is 5. The number of rotatable bonds is 15. The van der Waals surface area contributed by atoms with E-state index in [-0.39, 0.29) is 31.1 Å². The van der Waals surface area contributed by atoms with Gasteiger partial charge in [-0.2, -0.15) is 5.11 Å². The van der Waals surface area contributed by atoms with Crippen molar-refractivity contribution >= 4 is 22.8 Å². The second-order valence-electron chi connectivity index (χ2n) is 9.39. The molecular formula is C25H38F2N6O4S. The smallest absolute Gasteiger partial charge is 0.163 e. The predicted molar refractivity (Wildman–Crippen MR) is 143 cm³/mol. The molecule has 3 rings (SSSR count). The SMILES string of the molecule is C=CO[C@H]1C(NC2N=C(SCCC)NC(=N[C@@H]3CC3C(/C=C/F)C/C=C/F)C2N=N)CC(OCCO)[C@H]1O. The topological polar surface area (TPSA) is 144 Å². The van der Waals surface area contributed by atoms with Crippen molar-refractivity contribution in [3.8, 4) is 0 Å². The molecule has 0 aromatic carbocycles. The summed E-state index contributed by atoms with van der Waals surface area (Å²) in [5.74, 6) is 1.17.